The molecule has 0 saturated heterocycles. The van der Waals surface area contributed by atoms with Gasteiger partial charge in [-0.15, -0.1) is 0 Å². The standard InChI is InChI=1S/C30H30ClN3O4/c1-4-5-13-34-29(20-11-12-24(25(15-20)37-3)38-17-19-9-7-6-8-10-19)26-27(32-33-28(26)30(34)36)21-16-22(31)18(2)14-23(21)35/h6-12,14-16,29,35H,4-5,13,17H2,1-3H3,(H,32,33). The van der Waals surface area contributed by atoms with Gasteiger partial charge in [0.15, 0.2) is 11.5 Å². The number of unbranched alkanes of at least 4 members (excludes halogenated alkanes) is 1. The van der Waals surface area contributed by atoms with E-state index in [4.69, 9.17) is 21.1 Å². The van der Waals surface area contributed by atoms with E-state index in [0.717, 1.165) is 29.5 Å². The van der Waals surface area contributed by atoms with Gasteiger partial charge < -0.3 is 19.5 Å². The molecule has 0 saturated carbocycles. The number of fused-ring (bicyclic) bond motifs is 1. The number of aryl methyl sites for hydroxylation is 1. The van der Waals surface area contributed by atoms with Crippen molar-refractivity contribution in [1.82, 2.24) is 15.1 Å². The zero-order valence-electron chi connectivity index (χ0n) is 21.6. The van der Waals surface area contributed by atoms with Crippen molar-refractivity contribution in [3.05, 3.63) is 93.6 Å². The van der Waals surface area contributed by atoms with Gasteiger partial charge in [0.25, 0.3) is 5.91 Å². The van der Waals surface area contributed by atoms with Crippen LogP contribution in [-0.2, 0) is 6.61 Å². The first-order valence-corrected chi connectivity index (χ1v) is 13.0. The van der Waals surface area contributed by atoms with Crippen LogP contribution in [0.25, 0.3) is 11.3 Å². The predicted octanol–water partition coefficient (Wildman–Crippen LogP) is 6.68. The Bertz CT molecular complexity index is 1470. The number of aromatic amines is 1. The fourth-order valence-electron chi connectivity index (χ4n) is 4.87. The number of ether oxygens (including phenoxy) is 2. The molecule has 196 valence electrons. The summed E-state index contributed by atoms with van der Waals surface area (Å²) < 4.78 is 11.8. The highest BCUT2D eigenvalue weighted by Crippen LogP contribution is 2.46. The lowest BCUT2D eigenvalue weighted by molar-refractivity contribution is 0.0741. The number of benzene rings is 3. The molecule has 5 rings (SSSR count). The number of hydrogen-bond donors (Lipinski definition) is 2. The fraction of sp³-hybridized carbons (Fsp3) is 0.267. The zero-order valence-corrected chi connectivity index (χ0v) is 22.4. The fourth-order valence-corrected chi connectivity index (χ4v) is 5.04. The average molecular weight is 532 g/mol. The molecule has 38 heavy (non-hydrogen) atoms. The van der Waals surface area contributed by atoms with Crippen molar-refractivity contribution in [2.24, 2.45) is 0 Å². The second kappa shape index (κ2) is 10.8. The van der Waals surface area contributed by atoms with Crippen LogP contribution < -0.4 is 9.47 Å². The Balaban J connectivity index is 1.57. The minimum Gasteiger partial charge on any atom is -0.507 e. The van der Waals surface area contributed by atoms with Crippen LogP contribution in [0.15, 0.2) is 60.7 Å². The highest BCUT2D eigenvalue weighted by atomic mass is 35.5. The van der Waals surface area contributed by atoms with Gasteiger partial charge in [-0.05, 0) is 54.3 Å². The molecule has 0 bridgehead atoms. The van der Waals surface area contributed by atoms with Gasteiger partial charge in [0.1, 0.15) is 23.7 Å². The number of nitrogens with zero attached hydrogens (tertiary/aromatic N) is 2. The molecule has 0 spiro atoms. The van der Waals surface area contributed by atoms with E-state index in [1.165, 1.54) is 0 Å². The van der Waals surface area contributed by atoms with E-state index in [-0.39, 0.29) is 11.7 Å². The number of H-pyrrole nitrogens is 1. The summed E-state index contributed by atoms with van der Waals surface area (Å²) in [7, 11) is 1.60. The van der Waals surface area contributed by atoms with E-state index in [1.807, 2.05) is 60.4 Å². The molecule has 2 N–H and O–H groups in total. The Morgan fingerprint density at radius 3 is 2.63 bits per heavy atom. The first kappa shape index (κ1) is 25.7. The Morgan fingerprint density at radius 1 is 1.11 bits per heavy atom. The molecule has 3 aromatic carbocycles. The van der Waals surface area contributed by atoms with Crippen molar-refractivity contribution < 1.29 is 19.4 Å². The quantitative estimate of drug-likeness (QED) is 0.251. The van der Waals surface area contributed by atoms with Crippen LogP contribution in [0.3, 0.4) is 0 Å². The summed E-state index contributed by atoms with van der Waals surface area (Å²) >= 11 is 6.41. The Morgan fingerprint density at radius 2 is 1.89 bits per heavy atom. The molecule has 0 aliphatic carbocycles. The van der Waals surface area contributed by atoms with Gasteiger partial charge in [-0.25, -0.2) is 0 Å². The molecule has 1 aromatic heterocycles. The van der Waals surface area contributed by atoms with Crippen molar-refractivity contribution in [2.45, 2.75) is 39.3 Å². The molecule has 1 aliphatic rings. The van der Waals surface area contributed by atoms with Crippen molar-refractivity contribution in [1.29, 1.82) is 0 Å². The molecule has 1 unspecified atom stereocenters. The number of halogens is 1. The largest absolute Gasteiger partial charge is 0.507 e. The van der Waals surface area contributed by atoms with Crippen LogP contribution in [0.4, 0.5) is 0 Å². The van der Waals surface area contributed by atoms with Crippen molar-refractivity contribution >= 4 is 17.5 Å². The molecule has 7 nitrogen and oxygen atoms in total. The number of methoxy groups -OCH3 is 1. The summed E-state index contributed by atoms with van der Waals surface area (Å²) in [4.78, 5) is 15.4. The minimum absolute atomic E-state index is 0.0571. The summed E-state index contributed by atoms with van der Waals surface area (Å²) in [5, 5.41) is 18.7. The highest BCUT2D eigenvalue weighted by molar-refractivity contribution is 6.31. The van der Waals surface area contributed by atoms with Gasteiger partial charge in [0.2, 0.25) is 0 Å². The average Bonchev–Trinajstić information content (AvgIpc) is 3.47. The molecule has 0 radical (unpaired) electrons. The van der Waals surface area contributed by atoms with Crippen LogP contribution in [0.1, 0.15) is 58.5 Å². The Hall–Kier alpha value is -3.97. The van der Waals surface area contributed by atoms with Crippen LogP contribution in [0.5, 0.6) is 17.2 Å². The summed E-state index contributed by atoms with van der Waals surface area (Å²) in [6.45, 7) is 4.91. The first-order chi connectivity index (χ1) is 18.4. The molecule has 8 heteroatoms. The van der Waals surface area contributed by atoms with Crippen molar-refractivity contribution in [2.75, 3.05) is 13.7 Å². The third-order valence-electron chi connectivity index (χ3n) is 6.89. The maximum atomic E-state index is 13.5. The van der Waals surface area contributed by atoms with Gasteiger partial charge in [-0.3, -0.25) is 9.89 Å². The van der Waals surface area contributed by atoms with E-state index >= 15 is 0 Å². The Kier molecular flexibility index (Phi) is 7.29. The van der Waals surface area contributed by atoms with E-state index in [1.54, 1.807) is 19.2 Å². The number of nitrogens with one attached hydrogen (secondary N) is 1. The van der Waals surface area contributed by atoms with Gasteiger partial charge >= 0.3 is 0 Å². The normalized spacial score (nSPS) is 14.6. The molecule has 1 atom stereocenters. The van der Waals surface area contributed by atoms with Gasteiger partial charge in [-0.2, -0.15) is 5.10 Å². The zero-order chi connectivity index (χ0) is 26.8. The van der Waals surface area contributed by atoms with E-state index in [0.29, 0.717) is 52.2 Å². The monoisotopic (exact) mass is 531 g/mol. The number of phenolic OH excluding ortho intramolecular Hbond substituents is 1. The second-order valence-corrected chi connectivity index (χ2v) is 9.83. The van der Waals surface area contributed by atoms with Gasteiger partial charge in [0, 0.05) is 22.7 Å². The lowest BCUT2D eigenvalue weighted by Gasteiger charge is -2.27. The van der Waals surface area contributed by atoms with Crippen molar-refractivity contribution in [3.8, 4) is 28.5 Å². The first-order valence-electron chi connectivity index (χ1n) is 12.7. The molecule has 2 heterocycles. The minimum atomic E-state index is -0.422. The van der Waals surface area contributed by atoms with Crippen LogP contribution in [-0.4, -0.2) is 39.8 Å². The van der Waals surface area contributed by atoms with E-state index in [2.05, 4.69) is 17.1 Å². The van der Waals surface area contributed by atoms with Crippen LogP contribution in [0, 0.1) is 6.92 Å². The van der Waals surface area contributed by atoms with Gasteiger partial charge in [0.05, 0.1) is 13.2 Å². The number of carbonyl (C=O) groups is 1. The molecular weight excluding hydrogens is 502 g/mol. The second-order valence-electron chi connectivity index (χ2n) is 9.42. The maximum absolute atomic E-state index is 13.5. The number of phenols is 1. The number of rotatable bonds is 9. The molecule has 0 fully saturated rings. The van der Waals surface area contributed by atoms with Gasteiger partial charge in [-0.1, -0.05) is 61.3 Å². The number of amides is 1. The molecular formula is C30H30ClN3O4. The van der Waals surface area contributed by atoms with Crippen LogP contribution >= 0.6 is 11.6 Å². The summed E-state index contributed by atoms with van der Waals surface area (Å²) in [5.74, 6) is 1.11. The van der Waals surface area contributed by atoms with E-state index < -0.39 is 6.04 Å². The summed E-state index contributed by atoms with van der Waals surface area (Å²) in [6.07, 6.45) is 1.80. The number of hydrogen-bond acceptors (Lipinski definition) is 5. The predicted molar refractivity (Wildman–Crippen MR) is 147 cm³/mol. The lowest BCUT2D eigenvalue weighted by Crippen LogP contribution is -2.30. The molecule has 1 amide bonds. The van der Waals surface area contributed by atoms with Crippen LogP contribution in [0.2, 0.25) is 5.02 Å². The highest BCUT2D eigenvalue weighted by Gasteiger charge is 2.42. The summed E-state index contributed by atoms with van der Waals surface area (Å²) in [6, 6.07) is 18.5. The number of carbonyl (C=O) groups excluding carboxylic acids is 1. The van der Waals surface area contributed by atoms with Crippen molar-refractivity contribution in [3.63, 3.8) is 0 Å². The lowest BCUT2D eigenvalue weighted by atomic mass is 9.95. The maximum Gasteiger partial charge on any atom is 0.273 e. The topological polar surface area (TPSA) is 87.7 Å². The van der Waals surface area contributed by atoms with E-state index in [9.17, 15) is 9.90 Å². The Labute approximate surface area is 227 Å². The molecule has 4 aromatic rings. The summed E-state index contributed by atoms with van der Waals surface area (Å²) in [5.41, 5.74) is 4.77. The number of aromatic nitrogens is 2. The SMILES string of the molecule is CCCCN1C(=O)c2[nH]nc(-c3cc(Cl)c(C)cc3O)c2C1c1ccc(OCc2ccccc2)c(OC)c1. The third kappa shape index (κ3) is 4.70. The molecule has 1 aliphatic heterocycles. The number of aromatic hydroxyl groups is 1. The smallest absolute Gasteiger partial charge is 0.273 e. The third-order valence-corrected chi connectivity index (χ3v) is 7.30.